The van der Waals surface area contributed by atoms with Gasteiger partial charge in [0.1, 0.15) is 5.70 Å². The number of hydrogen-bond acceptors (Lipinski definition) is 5. The third-order valence-corrected chi connectivity index (χ3v) is 5.13. The number of likely N-dealkylation sites (tertiary alicyclic amines) is 1. The molecule has 2 aliphatic heterocycles. The van der Waals surface area contributed by atoms with E-state index in [2.05, 4.69) is 17.1 Å². The van der Waals surface area contributed by atoms with Crippen LogP contribution in [0.5, 0.6) is 0 Å². The van der Waals surface area contributed by atoms with Crippen molar-refractivity contribution in [3.63, 3.8) is 0 Å². The van der Waals surface area contributed by atoms with E-state index < -0.39 is 0 Å². The molecule has 0 bridgehead atoms. The summed E-state index contributed by atoms with van der Waals surface area (Å²) in [5, 5.41) is 2.72. The number of hydrogen-bond donors (Lipinski definition) is 1. The molecule has 3 rings (SSSR count). The quantitative estimate of drug-likeness (QED) is 0.759. The molecule has 150 valence electrons. The maximum absolute atomic E-state index is 13.1. The van der Waals surface area contributed by atoms with Crippen LogP contribution in [0.2, 0.25) is 0 Å². The third kappa shape index (κ3) is 4.09. The van der Waals surface area contributed by atoms with Gasteiger partial charge >= 0.3 is 0 Å². The fraction of sp³-hybridized carbons (Fsp3) is 0.476. The molecular weight excluding hydrogens is 358 g/mol. The molecule has 1 saturated heterocycles. The molecule has 1 atom stereocenters. The molecule has 7 heteroatoms. The number of amides is 3. The van der Waals surface area contributed by atoms with Crippen LogP contribution in [0.1, 0.15) is 32.3 Å². The maximum Gasteiger partial charge on any atom is 0.277 e. The van der Waals surface area contributed by atoms with Crippen LogP contribution in [0.15, 0.2) is 30.0 Å². The largest absolute Gasteiger partial charge is 0.383 e. The number of imide groups is 1. The van der Waals surface area contributed by atoms with Crippen molar-refractivity contribution in [2.45, 2.75) is 26.7 Å². The lowest BCUT2D eigenvalue weighted by atomic mass is 9.97. The number of carbonyl (C=O) groups excluding carboxylic acids is 3. The predicted octanol–water partition coefficient (Wildman–Crippen LogP) is 2.10. The summed E-state index contributed by atoms with van der Waals surface area (Å²) < 4.78 is 5.07. The zero-order valence-corrected chi connectivity index (χ0v) is 16.7. The summed E-state index contributed by atoms with van der Waals surface area (Å²) in [6.07, 6.45) is 2.12. The van der Waals surface area contributed by atoms with Gasteiger partial charge < -0.3 is 15.0 Å². The summed E-state index contributed by atoms with van der Waals surface area (Å²) in [5.74, 6) is -0.229. The van der Waals surface area contributed by atoms with Gasteiger partial charge in [0.05, 0.1) is 18.7 Å². The van der Waals surface area contributed by atoms with Crippen LogP contribution in [-0.4, -0.2) is 60.9 Å². The lowest BCUT2D eigenvalue weighted by Crippen LogP contribution is -2.40. The lowest BCUT2D eigenvalue weighted by Gasteiger charge is -2.33. The lowest BCUT2D eigenvalue weighted by molar-refractivity contribution is -0.138. The Labute approximate surface area is 165 Å². The molecule has 3 amide bonds. The summed E-state index contributed by atoms with van der Waals surface area (Å²) in [5.41, 5.74) is 2.25. The van der Waals surface area contributed by atoms with Gasteiger partial charge in [-0.25, -0.2) is 0 Å². The second-order valence-corrected chi connectivity index (χ2v) is 7.43. The number of piperidine rings is 1. The molecule has 2 heterocycles. The summed E-state index contributed by atoms with van der Waals surface area (Å²) in [6, 6.07) is 7.05. The van der Waals surface area contributed by atoms with Gasteiger partial charge in [0.25, 0.3) is 11.8 Å². The number of carbonyl (C=O) groups is 3. The molecular formula is C21H27N3O4. The van der Waals surface area contributed by atoms with Gasteiger partial charge in [-0.3, -0.25) is 19.3 Å². The smallest absolute Gasteiger partial charge is 0.277 e. The molecule has 0 aromatic heterocycles. The normalized spacial score (nSPS) is 20.2. The molecule has 0 aliphatic carbocycles. The minimum atomic E-state index is -0.289. The van der Waals surface area contributed by atoms with Gasteiger partial charge in [-0.2, -0.15) is 0 Å². The van der Waals surface area contributed by atoms with Crippen molar-refractivity contribution >= 4 is 29.0 Å². The van der Waals surface area contributed by atoms with Crippen LogP contribution in [0.25, 0.3) is 5.57 Å². The molecule has 1 fully saturated rings. The molecule has 1 N–H and O–H groups in total. The highest BCUT2D eigenvalue weighted by atomic mass is 16.5. The first-order chi connectivity index (χ1) is 13.4. The Morgan fingerprint density at radius 1 is 1.21 bits per heavy atom. The standard InChI is InChI=1S/C21H27N3O4/c1-14-5-4-10-23(13-14)19-18(20(26)24(21(19)27)11-12-28-3)16-6-8-17(9-7-16)22-15(2)25/h6-9,14H,4-5,10-13H2,1-3H3,(H,22,25). The second kappa shape index (κ2) is 8.56. The number of ether oxygens (including phenoxy) is 1. The number of methoxy groups -OCH3 is 1. The van der Waals surface area contributed by atoms with Crippen LogP contribution in [-0.2, 0) is 19.1 Å². The molecule has 0 saturated carbocycles. The first kappa shape index (κ1) is 20.1. The minimum absolute atomic E-state index is 0.159. The van der Waals surface area contributed by atoms with Crippen molar-refractivity contribution in [1.29, 1.82) is 0 Å². The topological polar surface area (TPSA) is 79.0 Å². The van der Waals surface area contributed by atoms with E-state index in [0.717, 1.165) is 25.9 Å². The number of nitrogens with zero attached hydrogens (tertiary/aromatic N) is 2. The summed E-state index contributed by atoms with van der Waals surface area (Å²) in [6.45, 7) is 5.67. The average molecular weight is 385 g/mol. The summed E-state index contributed by atoms with van der Waals surface area (Å²) >= 11 is 0. The monoisotopic (exact) mass is 385 g/mol. The highest BCUT2D eigenvalue weighted by molar-refractivity contribution is 6.35. The van der Waals surface area contributed by atoms with Gasteiger partial charge in [0.2, 0.25) is 5.91 Å². The second-order valence-electron chi connectivity index (χ2n) is 7.43. The van der Waals surface area contributed by atoms with Gasteiger partial charge in [0.15, 0.2) is 0 Å². The Balaban J connectivity index is 1.99. The average Bonchev–Trinajstić information content (AvgIpc) is 2.90. The highest BCUT2D eigenvalue weighted by Crippen LogP contribution is 2.34. The SMILES string of the molecule is COCCN1C(=O)C(c2ccc(NC(C)=O)cc2)=C(N2CCCC(C)C2)C1=O. The zero-order valence-electron chi connectivity index (χ0n) is 16.7. The Hall–Kier alpha value is -2.67. The number of benzene rings is 1. The maximum atomic E-state index is 13.1. The molecule has 1 aromatic rings. The van der Waals surface area contributed by atoms with Gasteiger partial charge in [-0.05, 0) is 36.5 Å². The van der Waals surface area contributed by atoms with E-state index >= 15 is 0 Å². The van der Waals surface area contributed by atoms with E-state index in [4.69, 9.17) is 4.74 Å². The van der Waals surface area contributed by atoms with E-state index in [1.807, 2.05) is 0 Å². The first-order valence-corrected chi connectivity index (χ1v) is 9.64. The van der Waals surface area contributed by atoms with Crippen LogP contribution >= 0.6 is 0 Å². The van der Waals surface area contributed by atoms with E-state index in [0.29, 0.717) is 35.0 Å². The van der Waals surface area contributed by atoms with Crippen molar-refractivity contribution < 1.29 is 19.1 Å². The van der Waals surface area contributed by atoms with Crippen LogP contribution in [0.4, 0.5) is 5.69 Å². The Kier molecular flexibility index (Phi) is 6.14. The molecule has 0 spiro atoms. The fourth-order valence-corrected chi connectivity index (χ4v) is 3.82. The summed E-state index contributed by atoms with van der Waals surface area (Å²) in [4.78, 5) is 40.8. The van der Waals surface area contributed by atoms with Gasteiger partial charge in [-0.1, -0.05) is 19.1 Å². The highest BCUT2D eigenvalue weighted by Gasteiger charge is 2.41. The Morgan fingerprint density at radius 2 is 1.93 bits per heavy atom. The molecule has 28 heavy (non-hydrogen) atoms. The molecule has 7 nitrogen and oxygen atoms in total. The zero-order chi connectivity index (χ0) is 20.3. The van der Waals surface area contributed by atoms with Crippen molar-refractivity contribution in [2.75, 3.05) is 38.7 Å². The van der Waals surface area contributed by atoms with Crippen LogP contribution < -0.4 is 5.32 Å². The van der Waals surface area contributed by atoms with Crippen LogP contribution in [0.3, 0.4) is 0 Å². The van der Waals surface area contributed by atoms with Crippen molar-refractivity contribution in [3.8, 4) is 0 Å². The Bertz CT molecular complexity index is 800. The number of nitrogens with one attached hydrogen (secondary N) is 1. The van der Waals surface area contributed by atoms with Gasteiger partial charge in [-0.15, -0.1) is 0 Å². The van der Waals surface area contributed by atoms with Gasteiger partial charge in [0, 0.05) is 32.8 Å². The number of anilines is 1. The van der Waals surface area contributed by atoms with E-state index in [9.17, 15) is 14.4 Å². The van der Waals surface area contributed by atoms with E-state index in [-0.39, 0.29) is 24.3 Å². The summed E-state index contributed by atoms with van der Waals surface area (Å²) in [7, 11) is 1.55. The van der Waals surface area contributed by atoms with Crippen molar-refractivity contribution in [3.05, 3.63) is 35.5 Å². The van der Waals surface area contributed by atoms with Crippen molar-refractivity contribution in [2.24, 2.45) is 5.92 Å². The first-order valence-electron chi connectivity index (χ1n) is 9.64. The molecule has 1 unspecified atom stereocenters. The molecule has 1 aromatic carbocycles. The van der Waals surface area contributed by atoms with Crippen LogP contribution in [0, 0.1) is 5.92 Å². The minimum Gasteiger partial charge on any atom is -0.383 e. The van der Waals surface area contributed by atoms with E-state index in [1.165, 1.54) is 11.8 Å². The molecule has 2 aliphatic rings. The number of rotatable bonds is 6. The Morgan fingerprint density at radius 3 is 2.54 bits per heavy atom. The fourth-order valence-electron chi connectivity index (χ4n) is 3.82. The van der Waals surface area contributed by atoms with Crippen molar-refractivity contribution in [1.82, 2.24) is 9.80 Å². The van der Waals surface area contributed by atoms with E-state index in [1.54, 1.807) is 31.4 Å². The third-order valence-electron chi connectivity index (χ3n) is 5.13. The molecule has 0 radical (unpaired) electrons. The predicted molar refractivity (Wildman–Crippen MR) is 106 cm³/mol.